The summed E-state index contributed by atoms with van der Waals surface area (Å²) in [7, 11) is 3.87. The van der Waals surface area contributed by atoms with Crippen molar-refractivity contribution in [2.45, 2.75) is 159 Å². The number of rotatable bonds is 9. The molecule has 78 heavy (non-hydrogen) atoms. The van der Waals surface area contributed by atoms with E-state index in [4.69, 9.17) is 40.4 Å². The zero-order valence-electron chi connectivity index (χ0n) is 45.4. The highest BCUT2D eigenvalue weighted by Crippen LogP contribution is 2.39. The second kappa shape index (κ2) is 27.8. The number of carbonyl (C=O) groups is 3. The van der Waals surface area contributed by atoms with Crippen molar-refractivity contribution in [2.24, 2.45) is 4.99 Å². The summed E-state index contributed by atoms with van der Waals surface area (Å²) in [4.78, 5) is 48.7. The molecule has 2 amide bonds. The summed E-state index contributed by atoms with van der Waals surface area (Å²) in [6.07, 6.45) is -2.56. The van der Waals surface area contributed by atoms with Crippen molar-refractivity contribution in [1.29, 1.82) is 0 Å². The topological polar surface area (TPSA) is 174 Å². The second-order valence-corrected chi connectivity index (χ2v) is 22.3. The number of aromatic nitrogens is 1. The Morgan fingerprint density at radius 1 is 0.769 bits per heavy atom. The van der Waals surface area contributed by atoms with Gasteiger partial charge in [-0.05, 0) is 92.7 Å². The lowest BCUT2D eigenvalue weighted by Crippen LogP contribution is -2.54. The molecule has 4 unspecified atom stereocenters. The van der Waals surface area contributed by atoms with Crippen LogP contribution in [0.4, 0.5) is 49.1 Å². The summed E-state index contributed by atoms with van der Waals surface area (Å²) in [5.74, 6) is -12.8. The fraction of sp³-hybridized carbons (Fsp3) is 0.706. The maximum Gasteiger partial charge on any atom is 0.410 e. The monoisotopic (exact) mass is 1170 g/mol. The second-order valence-electron chi connectivity index (χ2n) is 21.0. The van der Waals surface area contributed by atoms with E-state index in [9.17, 15) is 53.9 Å². The molecule has 1 aromatic heterocycles. The van der Waals surface area contributed by atoms with E-state index in [1.165, 1.54) is 44.8 Å². The molecule has 1 aromatic carbocycles. The Morgan fingerprint density at radius 2 is 1.31 bits per heavy atom. The highest BCUT2D eigenvalue weighted by atomic mass is 35.5. The van der Waals surface area contributed by atoms with Gasteiger partial charge >= 0.3 is 18.2 Å². The summed E-state index contributed by atoms with van der Waals surface area (Å²) < 4.78 is 151. The van der Waals surface area contributed by atoms with Crippen LogP contribution in [0.15, 0.2) is 46.0 Å². The molecule has 2 aromatic rings. The molecular weight excluding hydrogens is 1100 g/mol. The summed E-state index contributed by atoms with van der Waals surface area (Å²) >= 11 is 7.67. The molecule has 16 nitrogen and oxygen atoms in total. The van der Waals surface area contributed by atoms with Crippen LogP contribution in [-0.2, 0) is 33.2 Å². The van der Waals surface area contributed by atoms with Crippen molar-refractivity contribution in [3.8, 4) is 0 Å². The van der Waals surface area contributed by atoms with Crippen molar-refractivity contribution in [3.05, 3.63) is 62.5 Å². The SMILES string of the molecule is CC(C)(C)OC(=O)N1CCC(O)C(F)(F)C1.CCOC(=O)C1=C(CN2CCC(OC)C(F)(F)C2)NC(c2nccs2)=N[C@H]1c1ccc(F)cc1Cl.COC1CCCCC1(F)F.COC1CCN(C(=O)OC(C)(C)C)CC1(F)F. The molecule has 5 heterocycles. The standard InChI is InChI=1S/C23H24ClF3N4O3S.C11H19F2NO3.C10H17F2NO3.C7H12F2O/c1-3-34-22(32)18-16(11-31-8-6-17(33-2)23(26,27)12-31)29-20(21-28-7-9-35-21)30-19(18)14-5-4-13(25)10-15(14)24;1-10(2,3)17-9(15)14-6-5-8(16-4)11(12,13)7-14;1-9(2,3)16-8(15)13-5-4-7(14)10(11,12)6-13;1-10-6-4-2-3-5-7(6,8)9/h4-5,7,9-10,17,19H,3,6,8,11-12H2,1-2H3,(H,29,30);8H,5-7H2,1-4H3;7,14H,4-6H2,1-3H3;6H,2-5H2,1H3/t17?,19-;;;/m0.../s1. The van der Waals surface area contributed by atoms with Crippen LogP contribution in [-0.4, -0.2) is 182 Å². The number of carbonyl (C=O) groups excluding carboxylic acids is 3. The van der Waals surface area contributed by atoms with Crippen molar-refractivity contribution in [2.75, 3.05) is 73.7 Å². The Morgan fingerprint density at radius 3 is 1.77 bits per heavy atom. The van der Waals surface area contributed by atoms with Crippen molar-refractivity contribution >= 4 is 46.9 Å². The Bertz CT molecular complexity index is 2360. The van der Waals surface area contributed by atoms with E-state index in [1.54, 1.807) is 64.9 Å². The number of halogens is 10. The number of amides is 2. The van der Waals surface area contributed by atoms with E-state index < -0.39 is 109 Å². The first-order valence-corrected chi connectivity index (χ1v) is 26.5. The van der Waals surface area contributed by atoms with E-state index in [-0.39, 0.29) is 62.5 Å². The van der Waals surface area contributed by atoms with Gasteiger partial charge in [-0.3, -0.25) is 9.89 Å². The van der Waals surface area contributed by atoms with E-state index >= 15 is 0 Å². The molecule has 442 valence electrons. The van der Waals surface area contributed by atoms with Gasteiger partial charge in [0.15, 0.2) is 10.8 Å². The Labute approximate surface area is 457 Å². The van der Waals surface area contributed by atoms with E-state index in [1.807, 2.05) is 0 Å². The first-order chi connectivity index (χ1) is 36.2. The van der Waals surface area contributed by atoms with Gasteiger partial charge in [-0.2, -0.15) is 0 Å². The summed E-state index contributed by atoms with van der Waals surface area (Å²) in [6.45, 7) is 10.5. The number of piperidine rings is 3. The number of nitrogens with zero attached hydrogens (tertiary/aromatic N) is 5. The molecule has 0 bridgehead atoms. The fourth-order valence-electron chi connectivity index (χ4n) is 8.66. The molecule has 27 heteroatoms. The predicted octanol–water partition coefficient (Wildman–Crippen LogP) is 10.3. The average molecular weight is 1170 g/mol. The molecule has 5 aliphatic rings. The van der Waals surface area contributed by atoms with Gasteiger partial charge in [0.05, 0.1) is 31.8 Å². The van der Waals surface area contributed by atoms with Gasteiger partial charge in [-0.1, -0.05) is 24.1 Å². The molecule has 0 radical (unpaired) electrons. The van der Waals surface area contributed by atoms with E-state index in [2.05, 4.69) is 20.0 Å². The molecule has 1 saturated carbocycles. The Balaban J connectivity index is 0.000000254. The van der Waals surface area contributed by atoms with Gasteiger partial charge in [0.25, 0.3) is 23.7 Å². The molecule has 7 rings (SSSR count). The van der Waals surface area contributed by atoms with Crippen LogP contribution in [0.1, 0.15) is 110 Å². The summed E-state index contributed by atoms with van der Waals surface area (Å²) in [5, 5.41) is 14.5. The number of nitrogens with one attached hydrogen (secondary N) is 1. The normalized spacial score (nSPS) is 24.8. The van der Waals surface area contributed by atoms with Crippen LogP contribution in [0.5, 0.6) is 0 Å². The van der Waals surface area contributed by atoms with Gasteiger partial charge < -0.3 is 48.6 Å². The van der Waals surface area contributed by atoms with Crippen LogP contribution >= 0.6 is 22.9 Å². The lowest BCUT2D eigenvalue weighted by molar-refractivity contribution is -0.161. The minimum absolute atomic E-state index is 0.000118. The van der Waals surface area contributed by atoms with Crippen molar-refractivity contribution in [3.63, 3.8) is 0 Å². The van der Waals surface area contributed by atoms with Crippen LogP contribution in [0.2, 0.25) is 5.02 Å². The van der Waals surface area contributed by atoms with E-state index in [0.717, 1.165) is 22.3 Å². The third-order valence-electron chi connectivity index (χ3n) is 12.5. The predicted molar refractivity (Wildman–Crippen MR) is 272 cm³/mol. The molecule has 1 aliphatic carbocycles. The van der Waals surface area contributed by atoms with Gasteiger partial charge in [-0.25, -0.2) is 58.9 Å². The third-order valence-corrected chi connectivity index (χ3v) is 13.6. The number of amidine groups is 1. The molecular formula is C51H72ClF9N6O10S. The van der Waals surface area contributed by atoms with Gasteiger partial charge in [0.1, 0.15) is 47.5 Å². The number of aliphatic hydroxyl groups excluding tert-OH is 1. The quantitative estimate of drug-likeness (QED) is 0.138. The Kier molecular flexibility index (Phi) is 23.5. The third kappa shape index (κ3) is 19.1. The zero-order valence-corrected chi connectivity index (χ0v) is 47.0. The average Bonchev–Trinajstić information content (AvgIpc) is 3.87. The largest absolute Gasteiger partial charge is 0.463 e. The number of hydrogen-bond donors (Lipinski definition) is 2. The number of alkyl halides is 8. The number of benzene rings is 1. The molecule has 4 aliphatic heterocycles. The number of methoxy groups -OCH3 is 3. The van der Waals surface area contributed by atoms with E-state index in [0.29, 0.717) is 41.5 Å². The molecule has 3 saturated heterocycles. The fourth-order valence-corrected chi connectivity index (χ4v) is 9.52. The van der Waals surface area contributed by atoms with Crippen LogP contribution in [0.25, 0.3) is 0 Å². The van der Waals surface area contributed by atoms with Crippen LogP contribution < -0.4 is 5.32 Å². The van der Waals surface area contributed by atoms with Crippen LogP contribution in [0.3, 0.4) is 0 Å². The van der Waals surface area contributed by atoms with Crippen LogP contribution in [0, 0.1) is 5.82 Å². The number of ether oxygens (including phenoxy) is 6. The number of aliphatic hydroxyl groups is 1. The lowest BCUT2D eigenvalue weighted by Gasteiger charge is -2.38. The minimum atomic E-state index is -3.25. The minimum Gasteiger partial charge on any atom is -0.463 e. The molecule has 4 fully saturated rings. The van der Waals surface area contributed by atoms with Gasteiger partial charge in [0.2, 0.25) is 0 Å². The molecule has 0 spiro atoms. The molecule has 5 atom stereocenters. The number of likely N-dealkylation sites (tertiary alicyclic amines) is 3. The first kappa shape index (κ1) is 66.0. The summed E-state index contributed by atoms with van der Waals surface area (Å²) in [6, 6.07) is 2.86. The maximum absolute atomic E-state index is 14.6. The molecule has 2 N–H and O–H groups in total. The number of hydrogen-bond acceptors (Lipinski definition) is 15. The zero-order chi connectivity index (χ0) is 58.6. The maximum atomic E-state index is 14.6. The number of thiazole rings is 1. The van der Waals surface area contributed by atoms with Crippen molar-refractivity contribution < 1.29 is 87.4 Å². The first-order valence-electron chi connectivity index (χ1n) is 25.2. The summed E-state index contributed by atoms with van der Waals surface area (Å²) in [5.41, 5.74) is -0.529. The Hall–Kier alpha value is -4.47. The van der Waals surface area contributed by atoms with Crippen molar-refractivity contribution in [1.82, 2.24) is 25.0 Å². The van der Waals surface area contributed by atoms with Gasteiger partial charge in [-0.15, -0.1) is 11.3 Å². The lowest BCUT2D eigenvalue weighted by atomic mass is 9.94. The highest BCUT2D eigenvalue weighted by molar-refractivity contribution is 7.11. The smallest absolute Gasteiger partial charge is 0.410 e. The number of esters is 1. The van der Waals surface area contributed by atoms with Gasteiger partial charge in [0, 0.05) is 81.8 Å². The number of aliphatic imine (C=N–C) groups is 1. The highest BCUT2D eigenvalue weighted by Gasteiger charge is 2.49.